The summed E-state index contributed by atoms with van der Waals surface area (Å²) in [7, 11) is 0. The van der Waals surface area contributed by atoms with E-state index in [1.807, 2.05) is 36.4 Å². The molecule has 0 bridgehead atoms. The molecule has 2 aromatic heterocycles. The van der Waals surface area contributed by atoms with Crippen LogP contribution in [0.5, 0.6) is 0 Å². The highest BCUT2D eigenvalue weighted by atomic mass is 16.5. The normalized spacial score (nSPS) is 17.3. The predicted molar refractivity (Wildman–Crippen MR) is 101 cm³/mol. The van der Waals surface area contributed by atoms with Gasteiger partial charge in [-0.05, 0) is 37.1 Å². The Morgan fingerprint density at radius 1 is 1.22 bits per heavy atom. The maximum atomic E-state index is 12.7. The third kappa shape index (κ3) is 3.93. The lowest BCUT2D eigenvalue weighted by Gasteiger charge is -2.32. The molecule has 3 aromatic rings. The number of carbonyl (C=O) groups excluding carboxylic acids is 1. The van der Waals surface area contributed by atoms with Gasteiger partial charge in [-0.15, -0.1) is 0 Å². The van der Waals surface area contributed by atoms with Crippen molar-refractivity contribution in [1.82, 2.24) is 19.7 Å². The van der Waals surface area contributed by atoms with E-state index >= 15 is 0 Å². The first-order chi connectivity index (χ1) is 13.2. The van der Waals surface area contributed by atoms with Gasteiger partial charge in [-0.2, -0.15) is 0 Å². The summed E-state index contributed by atoms with van der Waals surface area (Å²) in [6.07, 6.45) is 3.54. The molecule has 1 amide bonds. The van der Waals surface area contributed by atoms with Crippen molar-refractivity contribution in [2.24, 2.45) is 0 Å². The van der Waals surface area contributed by atoms with Crippen molar-refractivity contribution in [3.05, 3.63) is 64.7 Å². The number of hydrogen-bond donors (Lipinski definition) is 1. The van der Waals surface area contributed by atoms with Gasteiger partial charge in [-0.3, -0.25) is 19.7 Å². The van der Waals surface area contributed by atoms with Gasteiger partial charge in [0.15, 0.2) is 0 Å². The number of rotatable bonds is 5. The van der Waals surface area contributed by atoms with Crippen molar-refractivity contribution in [2.45, 2.75) is 32.1 Å². The maximum absolute atomic E-state index is 12.7. The van der Waals surface area contributed by atoms with Gasteiger partial charge in [0.05, 0.1) is 29.3 Å². The molecule has 1 aliphatic heterocycles. The number of likely N-dealkylation sites (tertiary alicyclic amines) is 1. The number of amides is 1. The van der Waals surface area contributed by atoms with Crippen LogP contribution in [0.25, 0.3) is 10.9 Å². The Labute approximate surface area is 156 Å². The summed E-state index contributed by atoms with van der Waals surface area (Å²) in [4.78, 5) is 31.1. The molecule has 27 heavy (non-hydrogen) atoms. The average molecular weight is 366 g/mol. The first-order valence-electron chi connectivity index (χ1n) is 9.17. The third-order valence-corrected chi connectivity index (χ3v) is 4.88. The smallest absolute Gasteiger partial charge is 0.274 e. The van der Waals surface area contributed by atoms with E-state index in [2.05, 4.69) is 10.1 Å². The van der Waals surface area contributed by atoms with E-state index in [4.69, 9.17) is 4.74 Å². The van der Waals surface area contributed by atoms with Crippen LogP contribution in [0.15, 0.2) is 53.5 Å². The number of fused-ring (bicyclic) bond motifs is 1. The van der Waals surface area contributed by atoms with Gasteiger partial charge >= 0.3 is 0 Å². The summed E-state index contributed by atoms with van der Waals surface area (Å²) in [5, 5.41) is 3.61. The van der Waals surface area contributed by atoms with Crippen LogP contribution in [0.3, 0.4) is 0 Å². The molecule has 0 radical (unpaired) electrons. The third-order valence-electron chi connectivity index (χ3n) is 4.88. The quantitative estimate of drug-likeness (QED) is 0.748. The fourth-order valence-electron chi connectivity index (χ4n) is 3.44. The molecule has 1 aromatic carbocycles. The van der Waals surface area contributed by atoms with Gasteiger partial charge < -0.3 is 9.64 Å². The summed E-state index contributed by atoms with van der Waals surface area (Å²) in [6, 6.07) is 13.0. The molecular formula is C20H22N4O3. The van der Waals surface area contributed by atoms with Gasteiger partial charge in [-0.25, -0.2) is 4.68 Å². The molecule has 3 heterocycles. The van der Waals surface area contributed by atoms with Crippen molar-refractivity contribution in [3.8, 4) is 0 Å². The molecule has 1 saturated heterocycles. The zero-order valence-electron chi connectivity index (χ0n) is 15.0. The van der Waals surface area contributed by atoms with Gasteiger partial charge in [0.2, 0.25) is 5.91 Å². The summed E-state index contributed by atoms with van der Waals surface area (Å²) in [5.41, 5.74) is 1.45. The van der Waals surface area contributed by atoms with E-state index in [9.17, 15) is 9.59 Å². The minimum Gasteiger partial charge on any atom is -0.370 e. The Morgan fingerprint density at radius 3 is 2.89 bits per heavy atom. The van der Waals surface area contributed by atoms with Crippen LogP contribution in [0, 0.1) is 0 Å². The lowest BCUT2D eigenvalue weighted by molar-refractivity contribution is -0.136. The van der Waals surface area contributed by atoms with Gasteiger partial charge in [0.1, 0.15) is 6.54 Å². The molecule has 0 saturated carbocycles. The molecule has 1 aliphatic rings. The lowest BCUT2D eigenvalue weighted by atomic mass is 10.1. The fraction of sp³-hybridized carbons (Fsp3) is 0.350. The second-order valence-corrected chi connectivity index (χ2v) is 6.78. The highest BCUT2D eigenvalue weighted by molar-refractivity contribution is 5.79. The predicted octanol–water partition coefficient (Wildman–Crippen LogP) is 1.93. The zero-order chi connectivity index (χ0) is 18.6. The minimum absolute atomic E-state index is 0.0101. The number of aromatic nitrogens is 3. The molecular weight excluding hydrogens is 344 g/mol. The van der Waals surface area contributed by atoms with Crippen LogP contribution < -0.4 is 5.56 Å². The molecule has 140 valence electrons. The van der Waals surface area contributed by atoms with E-state index in [1.165, 1.54) is 4.68 Å². The van der Waals surface area contributed by atoms with E-state index in [0.29, 0.717) is 25.1 Å². The summed E-state index contributed by atoms with van der Waals surface area (Å²) >= 11 is 0. The van der Waals surface area contributed by atoms with Crippen molar-refractivity contribution in [1.29, 1.82) is 0 Å². The van der Waals surface area contributed by atoms with Crippen LogP contribution in [0.2, 0.25) is 0 Å². The standard InChI is InChI=1S/C20H22N4O3/c25-19(13-24-20(26)17-8-1-2-9-18(17)22-24)23-11-5-7-16(12-23)27-14-15-6-3-4-10-21-15/h1-4,6,8-10,16,22H,5,7,11-14H2. The second-order valence-electron chi connectivity index (χ2n) is 6.78. The Hall–Kier alpha value is -2.93. The van der Waals surface area contributed by atoms with Crippen LogP contribution in [0.1, 0.15) is 18.5 Å². The number of pyridine rings is 1. The number of H-pyrrole nitrogens is 1. The summed E-state index contributed by atoms with van der Waals surface area (Å²) < 4.78 is 7.32. The zero-order valence-corrected chi connectivity index (χ0v) is 15.0. The number of para-hydroxylation sites is 1. The summed E-state index contributed by atoms with van der Waals surface area (Å²) in [6.45, 7) is 1.69. The Bertz CT molecular complexity index is 980. The van der Waals surface area contributed by atoms with E-state index < -0.39 is 0 Å². The molecule has 1 fully saturated rings. The highest BCUT2D eigenvalue weighted by Gasteiger charge is 2.25. The van der Waals surface area contributed by atoms with E-state index in [-0.39, 0.29) is 24.1 Å². The number of aromatic amines is 1. The highest BCUT2D eigenvalue weighted by Crippen LogP contribution is 2.15. The maximum Gasteiger partial charge on any atom is 0.274 e. The fourth-order valence-corrected chi connectivity index (χ4v) is 3.44. The second kappa shape index (κ2) is 7.75. The molecule has 0 spiro atoms. The number of benzene rings is 1. The van der Waals surface area contributed by atoms with Crippen molar-refractivity contribution in [3.63, 3.8) is 0 Å². The van der Waals surface area contributed by atoms with E-state index in [1.54, 1.807) is 17.2 Å². The van der Waals surface area contributed by atoms with Crippen LogP contribution in [0.4, 0.5) is 0 Å². The molecule has 4 rings (SSSR count). The van der Waals surface area contributed by atoms with Crippen molar-refractivity contribution >= 4 is 16.8 Å². The number of piperidine rings is 1. The van der Waals surface area contributed by atoms with Crippen molar-refractivity contribution < 1.29 is 9.53 Å². The lowest BCUT2D eigenvalue weighted by Crippen LogP contribution is -2.45. The van der Waals surface area contributed by atoms with Crippen LogP contribution in [-0.2, 0) is 22.7 Å². The number of ether oxygens (including phenoxy) is 1. The van der Waals surface area contributed by atoms with Crippen LogP contribution in [-0.4, -0.2) is 44.8 Å². The Morgan fingerprint density at radius 2 is 2.07 bits per heavy atom. The Kier molecular flexibility index (Phi) is 5.02. The molecule has 0 aliphatic carbocycles. The minimum atomic E-state index is -0.168. The molecule has 1 atom stereocenters. The van der Waals surface area contributed by atoms with E-state index in [0.717, 1.165) is 24.1 Å². The molecule has 1 N–H and O–H groups in total. The topological polar surface area (TPSA) is 80.2 Å². The first-order valence-corrected chi connectivity index (χ1v) is 9.17. The number of carbonyl (C=O) groups is 1. The average Bonchev–Trinajstić information content (AvgIpc) is 3.03. The van der Waals surface area contributed by atoms with Crippen LogP contribution >= 0.6 is 0 Å². The molecule has 7 heteroatoms. The Balaban J connectivity index is 1.38. The monoisotopic (exact) mass is 366 g/mol. The SMILES string of the molecule is O=C(Cn1[nH]c2ccccc2c1=O)N1CCCC(OCc2ccccn2)C1. The largest absolute Gasteiger partial charge is 0.370 e. The number of nitrogens with one attached hydrogen (secondary N) is 1. The van der Waals surface area contributed by atoms with Crippen molar-refractivity contribution in [2.75, 3.05) is 13.1 Å². The number of nitrogens with zero attached hydrogens (tertiary/aromatic N) is 3. The number of hydrogen-bond acceptors (Lipinski definition) is 4. The van der Waals surface area contributed by atoms with Gasteiger partial charge in [0, 0.05) is 19.3 Å². The molecule has 1 unspecified atom stereocenters. The van der Waals surface area contributed by atoms with Gasteiger partial charge in [-0.1, -0.05) is 18.2 Å². The summed E-state index contributed by atoms with van der Waals surface area (Å²) in [5.74, 6) is -0.0743. The first kappa shape index (κ1) is 17.5. The van der Waals surface area contributed by atoms with Gasteiger partial charge in [0.25, 0.3) is 5.56 Å². The molecule has 7 nitrogen and oxygen atoms in total.